The highest BCUT2D eigenvalue weighted by atomic mass is 16.8. The van der Waals surface area contributed by atoms with Gasteiger partial charge in [0.25, 0.3) is 0 Å². The first-order chi connectivity index (χ1) is 50.8. The number of aliphatic hydroxyl groups is 11. The van der Waals surface area contributed by atoms with Crippen molar-refractivity contribution in [3.63, 3.8) is 0 Å². The van der Waals surface area contributed by atoms with Crippen LogP contribution < -0.4 is 5.32 Å². The Labute approximate surface area is 629 Å². The molecule has 0 aromatic rings. The Morgan fingerprint density at radius 3 is 1.04 bits per heavy atom. The van der Waals surface area contributed by atoms with E-state index in [4.69, 9.17) is 28.4 Å². The van der Waals surface area contributed by atoms with Crippen LogP contribution in [-0.2, 0) is 33.2 Å². The van der Waals surface area contributed by atoms with Crippen molar-refractivity contribution in [3.05, 3.63) is 85.1 Å². The molecule has 17 unspecified atom stereocenters. The molecule has 0 bridgehead atoms. The molecule has 0 aliphatic carbocycles. The predicted octanol–water partition coefficient (Wildman–Crippen LogP) is 14.6. The Morgan fingerprint density at radius 1 is 0.356 bits per heavy atom. The summed E-state index contributed by atoms with van der Waals surface area (Å²) in [5, 5.41) is 121. The number of unbranched alkanes of at least 4 members (excludes halogenated alkanes) is 38. The lowest BCUT2D eigenvalue weighted by Crippen LogP contribution is -2.66. The number of hydrogen-bond acceptors (Lipinski definition) is 18. The third-order valence-electron chi connectivity index (χ3n) is 20.4. The number of amides is 1. The average Bonchev–Trinajstić information content (AvgIpc) is 0.783. The van der Waals surface area contributed by atoms with Crippen molar-refractivity contribution in [3.8, 4) is 0 Å². The molecule has 3 aliphatic heterocycles. The second-order valence-corrected chi connectivity index (χ2v) is 29.6. The highest BCUT2D eigenvalue weighted by Gasteiger charge is 2.54. The number of allylic oxidation sites excluding steroid dienone is 13. The summed E-state index contributed by atoms with van der Waals surface area (Å²) >= 11 is 0. The standard InChI is InChI=1S/C85H151NO18/c1-3-5-7-9-11-13-15-17-19-21-23-25-27-29-31-32-33-34-35-36-37-39-41-43-45-47-49-51-53-55-57-59-61-63-73(91)86-68(69(90)62-60-58-56-54-52-50-48-46-44-42-40-38-30-28-26-24-22-20-18-16-14-12-10-8-6-4-2)67-99-83-79(97)76(94)81(71(65-88)101-83)104-85-80(98)77(95)82(72(66-89)102-85)103-84-78(96)75(93)74(92)70(64-87)100-84/h5,7,11,13,17,19,23,25,29,31,33-34,60,62,68-72,74-85,87-90,92-98H,3-4,6,8-10,12,14-16,18,20-22,24,26-28,30,32,35-59,61,63-67H2,1-2H3,(H,86,91)/b7-5-,13-11-,19-17-,25-23-,31-29-,34-33-,62-60+. The highest BCUT2D eigenvalue weighted by molar-refractivity contribution is 5.76. The summed E-state index contributed by atoms with van der Waals surface area (Å²) in [6.45, 7) is 1.66. The van der Waals surface area contributed by atoms with Gasteiger partial charge < -0.3 is 89.9 Å². The minimum absolute atomic E-state index is 0.239. The average molecular weight is 1480 g/mol. The lowest BCUT2D eigenvalue weighted by atomic mass is 9.96. The van der Waals surface area contributed by atoms with E-state index >= 15 is 0 Å². The number of nitrogens with one attached hydrogen (secondary N) is 1. The van der Waals surface area contributed by atoms with Crippen molar-refractivity contribution in [1.29, 1.82) is 0 Å². The van der Waals surface area contributed by atoms with E-state index in [0.29, 0.717) is 6.42 Å². The molecule has 604 valence electrons. The smallest absolute Gasteiger partial charge is 0.220 e. The summed E-state index contributed by atoms with van der Waals surface area (Å²) in [5.74, 6) is -0.275. The fraction of sp³-hybridized carbons (Fsp3) is 0.824. The van der Waals surface area contributed by atoms with Crippen LogP contribution in [0.25, 0.3) is 0 Å². The van der Waals surface area contributed by atoms with Gasteiger partial charge in [-0.3, -0.25) is 4.79 Å². The quantitative estimate of drug-likeness (QED) is 0.0199. The minimum Gasteiger partial charge on any atom is -0.394 e. The van der Waals surface area contributed by atoms with Crippen LogP contribution in [0.5, 0.6) is 0 Å². The summed E-state index contributed by atoms with van der Waals surface area (Å²) in [6.07, 6.45) is 59.9. The Hall–Kier alpha value is -3.03. The van der Waals surface area contributed by atoms with E-state index in [0.717, 1.165) is 89.9 Å². The molecule has 1 amide bonds. The molecule has 104 heavy (non-hydrogen) atoms. The SMILES string of the molecule is CC/C=C\C/C=C\C/C=C\C/C=C\C/C=C\C/C=C\CCCCCCCCCCCCCCCCC(=O)NC(COC1OC(CO)C(OC2OC(CO)C(OC3OC(CO)C(O)C(O)C3O)C(O)C2O)C(O)C1O)C(O)/C=C/CCCCCCCCCCCCCCCCCCCCCCCCCC. The lowest BCUT2D eigenvalue weighted by Gasteiger charge is -2.48. The molecule has 19 heteroatoms. The molecule has 17 atom stereocenters. The van der Waals surface area contributed by atoms with Crippen molar-refractivity contribution in [2.75, 3.05) is 26.4 Å². The van der Waals surface area contributed by atoms with E-state index in [2.05, 4.69) is 92.1 Å². The molecule has 3 rings (SSSR count). The third kappa shape index (κ3) is 44.0. The third-order valence-corrected chi connectivity index (χ3v) is 20.4. The monoisotopic (exact) mass is 1470 g/mol. The maximum Gasteiger partial charge on any atom is 0.220 e. The fourth-order valence-electron chi connectivity index (χ4n) is 13.8. The first-order valence-corrected chi connectivity index (χ1v) is 41.8. The summed E-state index contributed by atoms with van der Waals surface area (Å²) in [7, 11) is 0. The van der Waals surface area contributed by atoms with Gasteiger partial charge in [-0.2, -0.15) is 0 Å². The van der Waals surface area contributed by atoms with E-state index < -0.39 is 124 Å². The number of hydrogen-bond donors (Lipinski definition) is 12. The minimum atomic E-state index is -1.98. The molecule has 3 fully saturated rings. The van der Waals surface area contributed by atoms with E-state index in [1.54, 1.807) is 6.08 Å². The number of carbonyl (C=O) groups excluding carboxylic acids is 1. The van der Waals surface area contributed by atoms with Crippen molar-refractivity contribution in [2.45, 2.75) is 420 Å². The maximum absolute atomic E-state index is 13.5. The Bertz CT molecular complexity index is 2210. The van der Waals surface area contributed by atoms with Crippen molar-refractivity contribution >= 4 is 5.91 Å². The van der Waals surface area contributed by atoms with Crippen LogP contribution in [0.3, 0.4) is 0 Å². The molecule has 12 N–H and O–H groups in total. The second-order valence-electron chi connectivity index (χ2n) is 29.6. The van der Waals surface area contributed by atoms with Crippen LogP contribution >= 0.6 is 0 Å². The molecule has 0 aromatic carbocycles. The zero-order valence-electron chi connectivity index (χ0n) is 64.7. The van der Waals surface area contributed by atoms with Gasteiger partial charge in [0.15, 0.2) is 18.9 Å². The van der Waals surface area contributed by atoms with E-state index in [9.17, 15) is 61.0 Å². The van der Waals surface area contributed by atoms with Crippen LogP contribution in [0.4, 0.5) is 0 Å². The normalized spacial score (nSPS) is 26.3. The van der Waals surface area contributed by atoms with Crippen molar-refractivity contribution < 1.29 is 89.4 Å². The molecule has 3 saturated heterocycles. The van der Waals surface area contributed by atoms with Crippen molar-refractivity contribution in [1.82, 2.24) is 5.32 Å². The number of aliphatic hydroxyl groups excluding tert-OH is 11. The summed E-state index contributed by atoms with van der Waals surface area (Å²) in [5.41, 5.74) is 0. The molecular weight excluding hydrogens is 1320 g/mol. The van der Waals surface area contributed by atoms with Gasteiger partial charge in [0, 0.05) is 6.42 Å². The summed E-state index contributed by atoms with van der Waals surface area (Å²) in [4.78, 5) is 13.5. The van der Waals surface area contributed by atoms with E-state index in [1.807, 2.05) is 6.08 Å². The molecule has 19 nitrogen and oxygen atoms in total. The van der Waals surface area contributed by atoms with Gasteiger partial charge in [0.1, 0.15) is 73.2 Å². The fourth-order valence-corrected chi connectivity index (χ4v) is 13.8. The molecule has 0 spiro atoms. The van der Waals surface area contributed by atoms with Crippen LogP contribution in [-0.4, -0.2) is 193 Å². The van der Waals surface area contributed by atoms with Gasteiger partial charge in [-0.1, -0.05) is 324 Å². The molecule has 3 aliphatic rings. The van der Waals surface area contributed by atoms with Gasteiger partial charge in [-0.05, 0) is 70.6 Å². The number of carbonyl (C=O) groups is 1. The van der Waals surface area contributed by atoms with Crippen molar-refractivity contribution in [2.24, 2.45) is 0 Å². The second kappa shape index (κ2) is 64.8. The Kier molecular flexibility index (Phi) is 59.3. The zero-order chi connectivity index (χ0) is 75.3. The molecule has 3 heterocycles. The van der Waals surface area contributed by atoms with Crippen LogP contribution in [0, 0.1) is 0 Å². The molecule has 0 radical (unpaired) electrons. The predicted molar refractivity (Wildman–Crippen MR) is 415 cm³/mol. The van der Waals surface area contributed by atoms with E-state index in [-0.39, 0.29) is 18.9 Å². The molecular formula is C85H151NO18. The lowest BCUT2D eigenvalue weighted by molar-refractivity contribution is -0.379. The topological polar surface area (TPSA) is 307 Å². The highest BCUT2D eigenvalue weighted by Crippen LogP contribution is 2.33. The van der Waals surface area contributed by atoms with Gasteiger partial charge in [-0.15, -0.1) is 0 Å². The number of rotatable bonds is 66. The van der Waals surface area contributed by atoms with Gasteiger partial charge >= 0.3 is 0 Å². The molecule has 0 saturated carbocycles. The first-order valence-electron chi connectivity index (χ1n) is 41.8. The van der Waals surface area contributed by atoms with Crippen LogP contribution in [0.2, 0.25) is 0 Å². The maximum atomic E-state index is 13.5. The van der Waals surface area contributed by atoms with E-state index in [1.165, 1.54) is 199 Å². The van der Waals surface area contributed by atoms with Gasteiger partial charge in [0.2, 0.25) is 5.91 Å². The summed E-state index contributed by atoms with van der Waals surface area (Å²) < 4.78 is 34.5. The number of ether oxygens (including phenoxy) is 6. The van der Waals surface area contributed by atoms with Gasteiger partial charge in [0.05, 0.1) is 38.6 Å². The first kappa shape index (κ1) is 95.2. The molecule has 0 aromatic heterocycles. The summed E-state index contributed by atoms with van der Waals surface area (Å²) in [6, 6.07) is -0.979. The zero-order valence-corrected chi connectivity index (χ0v) is 64.7. The van der Waals surface area contributed by atoms with Crippen LogP contribution in [0.1, 0.15) is 316 Å². The Balaban J connectivity index is 1.36. The largest absolute Gasteiger partial charge is 0.394 e. The van der Waals surface area contributed by atoms with Gasteiger partial charge in [-0.25, -0.2) is 0 Å². The Morgan fingerprint density at radius 2 is 0.663 bits per heavy atom. The van der Waals surface area contributed by atoms with Crippen LogP contribution in [0.15, 0.2) is 85.1 Å².